The summed E-state index contributed by atoms with van der Waals surface area (Å²) in [4.78, 5) is 0.152. The van der Waals surface area contributed by atoms with Crippen LogP contribution < -0.4 is 9.47 Å². The second-order valence-electron chi connectivity index (χ2n) is 9.20. The monoisotopic (exact) mass is 580 g/mol. The molecule has 208 valence electrons. The minimum absolute atomic E-state index is 0.0738. The number of rotatable bonds is 4. The summed E-state index contributed by atoms with van der Waals surface area (Å²) in [6, 6.07) is 19.4. The van der Waals surface area contributed by atoms with Gasteiger partial charge in [0.2, 0.25) is 20.0 Å². The maximum atomic E-state index is 13.6. The van der Waals surface area contributed by atoms with Gasteiger partial charge >= 0.3 is 0 Å². The minimum Gasteiger partial charge on any atom is -0.488 e. The van der Waals surface area contributed by atoms with E-state index in [1.807, 2.05) is 26.0 Å². The maximum absolute atomic E-state index is 13.6. The van der Waals surface area contributed by atoms with Crippen molar-refractivity contribution in [2.45, 2.75) is 23.6 Å². The zero-order valence-corrected chi connectivity index (χ0v) is 23.7. The fourth-order valence-electron chi connectivity index (χ4n) is 4.13. The number of sulfonamides is 2. The van der Waals surface area contributed by atoms with Crippen molar-refractivity contribution >= 4 is 20.0 Å². The number of nitrogens with zero attached hydrogens (tertiary/aromatic N) is 4. The summed E-state index contributed by atoms with van der Waals surface area (Å²) in [5.74, 6) is 0.300. The highest BCUT2D eigenvalue weighted by Gasteiger charge is 2.30. The van der Waals surface area contributed by atoms with E-state index < -0.39 is 20.0 Å². The van der Waals surface area contributed by atoms with Crippen LogP contribution in [0.25, 0.3) is 0 Å². The third kappa shape index (κ3) is 6.27. The van der Waals surface area contributed by atoms with E-state index in [2.05, 4.69) is 0 Å². The van der Waals surface area contributed by atoms with Gasteiger partial charge in [0.15, 0.2) is 11.5 Å². The highest BCUT2D eigenvalue weighted by atomic mass is 32.2. The van der Waals surface area contributed by atoms with Crippen LogP contribution in [0, 0.1) is 36.5 Å². The lowest BCUT2D eigenvalue weighted by Gasteiger charge is -2.28. The molecule has 0 N–H and O–H groups in total. The van der Waals surface area contributed by atoms with Crippen LogP contribution in [0.15, 0.2) is 70.5 Å². The Labute approximate surface area is 234 Å². The van der Waals surface area contributed by atoms with Crippen LogP contribution in [0.5, 0.6) is 11.5 Å². The van der Waals surface area contributed by atoms with E-state index >= 15 is 0 Å². The van der Waals surface area contributed by atoms with Gasteiger partial charge in [-0.15, -0.1) is 0 Å². The number of benzene rings is 3. The molecular weight excluding hydrogens is 552 g/mol. The molecule has 3 aromatic carbocycles. The van der Waals surface area contributed by atoms with Crippen molar-refractivity contribution in [2.24, 2.45) is 0 Å². The summed E-state index contributed by atoms with van der Waals surface area (Å²) in [5, 5.41) is 18.9. The van der Waals surface area contributed by atoms with Crippen LogP contribution >= 0.6 is 0 Å². The molecule has 0 radical (unpaired) electrons. The molecule has 0 aromatic heterocycles. The molecule has 1 heterocycles. The van der Waals surface area contributed by atoms with Gasteiger partial charge in [0.25, 0.3) is 0 Å². The van der Waals surface area contributed by atoms with Crippen molar-refractivity contribution < 1.29 is 26.3 Å². The lowest BCUT2D eigenvalue weighted by molar-refractivity contribution is 0.217. The van der Waals surface area contributed by atoms with E-state index in [9.17, 15) is 27.4 Å². The standard InChI is InChI=1S/C28H28N4O6S2/c1-21-3-7-25(8-4-21)39(33,34)31-11-12-32(40(35,36)26-9-5-22(2)6-10-26)14-16-38-28-18-24(20-30)23(19-29)17-27(28)37-15-13-31/h3-10,17-18H,11-16H2,1-2H3. The van der Waals surface area contributed by atoms with Gasteiger partial charge in [-0.1, -0.05) is 35.4 Å². The zero-order chi connectivity index (χ0) is 28.9. The molecule has 0 unspecified atom stereocenters. The second kappa shape index (κ2) is 12.1. The predicted octanol–water partition coefficient (Wildman–Crippen LogP) is 3.20. The average molecular weight is 581 g/mol. The largest absolute Gasteiger partial charge is 0.488 e. The molecule has 0 amide bonds. The summed E-state index contributed by atoms with van der Waals surface area (Å²) < 4.78 is 68.5. The van der Waals surface area contributed by atoms with E-state index in [1.165, 1.54) is 45.0 Å². The molecule has 1 aliphatic heterocycles. The Morgan fingerprint density at radius 2 is 0.975 bits per heavy atom. The van der Waals surface area contributed by atoms with Crippen molar-refractivity contribution in [3.63, 3.8) is 0 Å². The first kappa shape index (κ1) is 29.1. The lowest BCUT2D eigenvalue weighted by Crippen LogP contribution is -2.44. The molecule has 1 aliphatic rings. The van der Waals surface area contributed by atoms with Crippen molar-refractivity contribution in [3.05, 3.63) is 82.9 Å². The topological polar surface area (TPSA) is 141 Å². The first-order chi connectivity index (χ1) is 19.1. The summed E-state index contributed by atoms with van der Waals surface area (Å²) in [7, 11) is -8.00. The SMILES string of the molecule is Cc1ccc(S(=O)(=O)N2CCOc3cc(C#N)c(C#N)cc3OCCN(S(=O)(=O)c3ccc(C)cc3)CC2)cc1. The molecule has 0 bridgehead atoms. The molecular formula is C28H28N4O6S2. The van der Waals surface area contributed by atoms with E-state index in [4.69, 9.17) is 9.47 Å². The Balaban J connectivity index is 1.74. The molecule has 4 rings (SSSR count). The Kier molecular flexibility index (Phi) is 8.76. The molecule has 0 spiro atoms. The van der Waals surface area contributed by atoms with Crippen LogP contribution in [0.3, 0.4) is 0 Å². The number of hydrogen-bond donors (Lipinski definition) is 0. The smallest absolute Gasteiger partial charge is 0.243 e. The zero-order valence-electron chi connectivity index (χ0n) is 22.1. The third-order valence-corrected chi connectivity index (χ3v) is 10.3. The fourth-order valence-corrected chi connectivity index (χ4v) is 6.96. The van der Waals surface area contributed by atoms with Gasteiger partial charge in [-0.3, -0.25) is 0 Å². The first-order valence-electron chi connectivity index (χ1n) is 12.4. The lowest BCUT2D eigenvalue weighted by atomic mass is 10.1. The maximum Gasteiger partial charge on any atom is 0.243 e. The van der Waals surface area contributed by atoms with Gasteiger partial charge in [0.05, 0.1) is 20.9 Å². The number of fused-ring (bicyclic) bond motifs is 1. The Morgan fingerprint density at radius 3 is 1.30 bits per heavy atom. The summed E-state index contributed by atoms with van der Waals surface area (Å²) in [6.07, 6.45) is 0. The average Bonchev–Trinajstić information content (AvgIpc) is 2.93. The predicted molar refractivity (Wildman–Crippen MR) is 147 cm³/mol. The molecule has 0 saturated carbocycles. The summed E-state index contributed by atoms with van der Waals surface area (Å²) in [6.45, 7) is 3.02. The molecule has 0 aliphatic carbocycles. The van der Waals surface area contributed by atoms with Crippen LogP contribution in [0.1, 0.15) is 22.3 Å². The Morgan fingerprint density at radius 1 is 0.625 bits per heavy atom. The summed E-state index contributed by atoms with van der Waals surface area (Å²) in [5.41, 5.74) is 1.94. The number of ether oxygens (including phenoxy) is 2. The molecule has 10 nitrogen and oxygen atoms in total. The van der Waals surface area contributed by atoms with Crippen molar-refractivity contribution in [1.29, 1.82) is 10.5 Å². The van der Waals surface area contributed by atoms with E-state index in [0.29, 0.717) is 0 Å². The van der Waals surface area contributed by atoms with Gasteiger partial charge in [0, 0.05) is 38.3 Å². The first-order valence-corrected chi connectivity index (χ1v) is 15.3. The number of nitriles is 2. The van der Waals surface area contributed by atoms with Gasteiger partial charge in [-0.05, 0) is 38.1 Å². The Hall–Kier alpha value is -3.94. The van der Waals surface area contributed by atoms with Gasteiger partial charge in [-0.2, -0.15) is 19.1 Å². The molecule has 12 heteroatoms. The van der Waals surface area contributed by atoms with Crippen molar-refractivity contribution in [3.8, 4) is 23.6 Å². The quantitative estimate of drug-likeness (QED) is 0.458. The third-order valence-electron chi connectivity index (χ3n) is 6.44. The van der Waals surface area contributed by atoms with Gasteiger partial charge < -0.3 is 9.47 Å². The Bertz CT molecular complexity index is 1550. The molecule has 40 heavy (non-hydrogen) atoms. The van der Waals surface area contributed by atoms with Crippen molar-refractivity contribution in [1.82, 2.24) is 8.61 Å². The van der Waals surface area contributed by atoms with Crippen LogP contribution in [-0.4, -0.2) is 64.8 Å². The van der Waals surface area contributed by atoms with E-state index in [0.717, 1.165) is 11.1 Å². The molecule has 0 atom stereocenters. The molecule has 0 saturated heterocycles. The van der Waals surface area contributed by atoms with Crippen LogP contribution in [0.2, 0.25) is 0 Å². The minimum atomic E-state index is -4.00. The molecule has 0 fully saturated rings. The summed E-state index contributed by atoms with van der Waals surface area (Å²) >= 11 is 0. The highest BCUT2D eigenvalue weighted by molar-refractivity contribution is 7.89. The number of aryl methyl sites for hydroxylation is 2. The van der Waals surface area contributed by atoms with E-state index in [-0.39, 0.29) is 71.8 Å². The van der Waals surface area contributed by atoms with Gasteiger partial charge in [0.1, 0.15) is 25.4 Å². The number of hydrogen-bond acceptors (Lipinski definition) is 8. The van der Waals surface area contributed by atoms with Crippen LogP contribution in [0.4, 0.5) is 0 Å². The second-order valence-corrected chi connectivity index (χ2v) is 13.1. The fraction of sp³-hybridized carbons (Fsp3) is 0.286. The van der Waals surface area contributed by atoms with Gasteiger partial charge in [-0.25, -0.2) is 16.8 Å². The highest BCUT2D eigenvalue weighted by Crippen LogP contribution is 2.31. The molecule has 3 aromatic rings. The normalized spacial score (nSPS) is 15.7. The van der Waals surface area contributed by atoms with E-state index in [1.54, 1.807) is 24.3 Å². The van der Waals surface area contributed by atoms with Crippen LogP contribution in [-0.2, 0) is 20.0 Å². The van der Waals surface area contributed by atoms with Crippen molar-refractivity contribution in [2.75, 3.05) is 39.4 Å².